The van der Waals surface area contributed by atoms with Crippen molar-refractivity contribution in [3.8, 4) is 5.75 Å². The summed E-state index contributed by atoms with van der Waals surface area (Å²) in [4.78, 5) is 0. The summed E-state index contributed by atoms with van der Waals surface area (Å²) in [6.45, 7) is -0.930. The van der Waals surface area contributed by atoms with Gasteiger partial charge in [0.1, 0.15) is 6.61 Å². The van der Waals surface area contributed by atoms with Gasteiger partial charge in [-0.15, -0.1) is 0 Å². The molecule has 1 aromatic rings. The van der Waals surface area contributed by atoms with Gasteiger partial charge in [-0.2, -0.15) is 8.78 Å². The molecule has 0 N–H and O–H groups in total. The molecule has 10 heteroatoms. The van der Waals surface area contributed by atoms with Crippen LogP contribution in [0.1, 0.15) is 0 Å². The van der Waals surface area contributed by atoms with Crippen LogP contribution >= 0.6 is 10.7 Å². The van der Waals surface area contributed by atoms with Crippen LogP contribution in [0.25, 0.3) is 0 Å². The predicted molar refractivity (Wildman–Crippen MR) is 62.2 cm³/mol. The first-order valence-corrected chi connectivity index (χ1v) is 7.66. The van der Waals surface area contributed by atoms with Crippen molar-refractivity contribution in [1.29, 1.82) is 0 Å². The second-order valence-corrected chi connectivity index (χ2v) is 6.40. The Hall–Kier alpha value is -1.06. The SMILES string of the molecule is O=S(=O)(Cl)CCOCCOc1c(F)c(F)cc(F)c1F. The highest BCUT2D eigenvalue weighted by Gasteiger charge is 2.20. The molecule has 0 heterocycles. The zero-order valence-corrected chi connectivity index (χ0v) is 11.4. The number of hydrogen-bond acceptors (Lipinski definition) is 4. The van der Waals surface area contributed by atoms with E-state index in [4.69, 9.17) is 15.4 Å². The first-order chi connectivity index (χ1) is 9.22. The standard InChI is InChI=1S/C10H9ClF4O4S/c11-20(16,17)4-3-18-1-2-19-10-8(14)6(12)5-7(13)9(10)15/h5H,1-4H2. The summed E-state index contributed by atoms with van der Waals surface area (Å²) in [6, 6.07) is 0.0549. The lowest BCUT2D eigenvalue weighted by atomic mass is 10.3. The van der Waals surface area contributed by atoms with Gasteiger partial charge in [-0.05, 0) is 0 Å². The van der Waals surface area contributed by atoms with Gasteiger partial charge in [-0.3, -0.25) is 0 Å². The molecule has 0 aliphatic heterocycles. The smallest absolute Gasteiger partial charge is 0.234 e. The van der Waals surface area contributed by atoms with Gasteiger partial charge in [-0.25, -0.2) is 17.2 Å². The van der Waals surface area contributed by atoms with Crippen LogP contribution in [0, 0.1) is 23.3 Å². The summed E-state index contributed by atoms with van der Waals surface area (Å²) < 4.78 is 82.2. The van der Waals surface area contributed by atoms with Crippen LogP contribution in [0.4, 0.5) is 17.6 Å². The minimum Gasteiger partial charge on any atom is -0.485 e. The molecule has 0 aliphatic rings. The van der Waals surface area contributed by atoms with Gasteiger partial charge < -0.3 is 9.47 Å². The van der Waals surface area contributed by atoms with E-state index in [1.54, 1.807) is 0 Å². The number of ether oxygens (including phenoxy) is 2. The fourth-order valence-electron chi connectivity index (χ4n) is 1.14. The lowest BCUT2D eigenvalue weighted by molar-refractivity contribution is 0.107. The van der Waals surface area contributed by atoms with Gasteiger partial charge in [0.15, 0.2) is 17.4 Å². The van der Waals surface area contributed by atoms with Crippen LogP contribution in [0.3, 0.4) is 0 Å². The molecule has 0 aromatic heterocycles. The number of hydrogen-bond donors (Lipinski definition) is 0. The van der Waals surface area contributed by atoms with E-state index in [9.17, 15) is 26.0 Å². The normalized spacial score (nSPS) is 11.7. The van der Waals surface area contributed by atoms with Crippen molar-refractivity contribution in [2.75, 3.05) is 25.6 Å². The molecule has 0 saturated heterocycles. The van der Waals surface area contributed by atoms with Crippen molar-refractivity contribution in [2.45, 2.75) is 0 Å². The van der Waals surface area contributed by atoms with E-state index in [2.05, 4.69) is 4.74 Å². The number of benzene rings is 1. The van der Waals surface area contributed by atoms with Crippen LogP contribution in [-0.4, -0.2) is 34.0 Å². The van der Waals surface area contributed by atoms with E-state index in [1.807, 2.05) is 0 Å². The first-order valence-electron chi connectivity index (χ1n) is 5.18. The Kier molecular flexibility index (Phi) is 6.03. The van der Waals surface area contributed by atoms with Crippen molar-refractivity contribution in [2.24, 2.45) is 0 Å². The summed E-state index contributed by atoms with van der Waals surface area (Å²) >= 11 is 0. The molecule has 1 rings (SSSR count). The molecule has 4 nitrogen and oxygen atoms in total. The van der Waals surface area contributed by atoms with Crippen LogP contribution in [0.5, 0.6) is 5.75 Å². The minimum absolute atomic E-state index is 0.0549. The Morgan fingerprint density at radius 3 is 2.05 bits per heavy atom. The lowest BCUT2D eigenvalue weighted by Gasteiger charge is -2.09. The molecule has 0 fully saturated rings. The fraction of sp³-hybridized carbons (Fsp3) is 0.400. The average Bonchev–Trinajstić information content (AvgIpc) is 2.33. The molecule has 0 unspecified atom stereocenters. The quantitative estimate of drug-likeness (QED) is 0.331. The molecule has 0 aliphatic carbocycles. The Morgan fingerprint density at radius 1 is 1.00 bits per heavy atom. The first kappa shape index (κ1) is 17.0. The minimum atomic E-state index is -3.70. The van der Waals surface area contributed by atoms with E-state index < -0.39 is 50.4 Å². The molecule has 0 bridgehead atoms. The van der Waals surface area contributed by atoms with E-state index in [0.717, 1.165) is 0 Å². The molecule has 0 amide bonds. The third-order valence-electron chi connectivity index (χ3n) is 2.02. The zero-order valence-electron chi connectivity index (χ0n) is 9.84. The Morgan fingerprint density at radius 2 is 1.55 bits per heavy atom. The molecule has 0 saturated carbocycles. The van der Waals surface area contributed by atoms with Gasteiger partial charge in [-0.1, -0.05) is 0 Å². The number of halogens is 5. The summed E-state index contributed by atoms with van der Waals surface area (Å²) in [7, 11) is 1.20. The van der Waals surface area contributed by atoms with Crippen molar-refractivity contribution in [3.05, 3.63) is 29.3 Å². The highest BCUT2D eigenvalue weighted by molar-refractivity contribution is 8.13. The zero-order chi connectivity index (χ0) is 15.3. The highest BCUT2D eigenvalue weighted by Crippen LogP contribution is 2.26. The summed E-state index contributed by atoms with van der Waals surface area (Å²) in [5.74, 6) is -8.15. The van der Waals surface area contributed by atoms with Crippen LogP contribution in [-0.2, 0) is 13.8 Å². The highest BCUT2D eigenvalue weighted by atomic mass is 35.7. The van der Waals surface area contributed by atoms with E-state index in [1.165, 1.54) is 0 Å². The molecule has 0 spiro atoms. The maximum atomic E-state index is 13.1. The third kappa shape index (κ3) is 5.14. The van der Waals surface area contributed by atoms with Gasteiger partial charge >= 0.3 is 0 Å². The Bertz CT molecular complexity index is 553. The van der Waals surface area contributed by atoms with Crippen molar-refractivity contribution in [1.82, 2.24) is 0 Å². The average molecular weight is 337 g/mol. The molecule has 0 radical (unpaired) electrons. The molecular formula is C10H9ClF4O4S. The molecule has 0 atom stereocenters. The van der Waals surface area contributed by atoms with Crippen LogP contribution < -0.4 is 4.74 Å². The van der Waals surface area contributed by atoms with Gasteiger partial charge in [0.05, 0.1) is 19.0 Å². The topological polar surface area (TPSA) is 52.6 Å². The molecule has 20 heavy (non-hydrogen) atoms. The predicted octanol–water partition coefficient (Wildman–Crippen LogP) is 2.21. The van der Waals surface area contributed by atoms with Gasteiger partial charge in [0.25, 0.3) is 0 Å². The second kappa shape index (κ2) is 7.09. The van der Waals surface area contributed by atoms with E-state index >= 15 is 0 Å². The summed E-state index contributed by atoms with van der Waals surface area (Å²) in [5, 5.41) is 0. The largest absolute Gasteiger partial charge is 0.485 e. The maximum absolute atomic E-state index is 13.1. The lowest BCUT2D eigenvalue weighted by Crippen LogP contribution is -2.13. The van der Waals surface area contributed by atoms with Gasteiger partial charge in [0.2, 0.25) is 20.7 Å². The van der Waals surface area contributed by atoms with Crippen molar-refractivity contribution in [3.63, 3.8) is 0 Å². The summed E-state index contributed by atoms with van der Waals surface area (Å²) in [6.07, 6.45) is 0. The van der Waals surface area contributed by atoms with Crippen molar-refractivity contribution < 1.29 is 35.5 Å². The Balaban J connectivity index is 2.47. The molecular weight excluding hydrogens is 328 g/mol. The van der Waals surface area contributed by atoms with Crippen molar-refractivity contribution >= 4 is 19.7 Å². The third-order valence-corrected chi connectivity index (χ3v) is 3.13. The summed E-state index contributed by atoms with van der Waals surface area (Å²) in [5.41, 5.74) is 0. The fourth-order valence-corrected chi connectivity index (χ4v) is 1.65. The molecule has 1 aromatic carbocycles. The second-order valence-electron chi connectivity index (χ2n) is 3.50. The van der Waals surface area contributed by atoms with Crippen LogP contribution in [0.2, 0.25) is 0 Å². The monoisotopic (exact) mass is 336 g/mol. The Labute approximate surface area is 116 Å². The van der Waals surface area contributed by atoms with E-state index in [-0.39, 0.29) is 19.3 Å². The van der Waals surface area contributed by atoms with E-state index in [0.29, 0.717) is 0 Å². The van der Waals surface area contributed by atoms with Crippen LogP contribution in [0.15, 0.2) is 6.07 Å². The number of rotatable bonds is 7. The van der Waals surface area contributed by atoms with Gasteiger partial charge in [0, 0.05) is 16.7 Å². The molecule has 114 valence electrons. The maximum Gasteiger partial charge on any atom is 0.234 e.